The number of rotatable bonds is 15. The number of carboxylic acid groups (broad SMARTS) is 3. The molecule has 0 radical (unpaired) electrons. The van der Waals surface area contributed by atoms with E-state index in [1.807, 2.05) is 57.2 Å². The van der Waals surface area contributed by atoms with Crippen LogP contribution < -0.4 is 15.3 Å². The predicted octanol–water partition coefficient (Wildman–Crippen LogP) is 6.77. The molecular weight excluding hydrogens is 838 g/mol. The van der Waals surface area contributed by atoms with Gasteiger partial charge in [-0.3, -0.25) is 18.2 Å². The number of hydrogen-bond donors (Lipinski definition) is 0. The van der Waals surface area contributed by atoms with E-state index < -0.39 is 17.9 Å². The first kappa shape index (κ1) is 59.6. The van der Waals surface area contributed by atoms with E-state index in [1.54, 1.807) is 0 Å². The summed E-state index contributed by atoms with van der Waals surface area (Å²) in [6.07, 6.45) is 40.6. The molecule has 0 bridgehead atoms. The zero-order chi connectivity index (χ0) is 34.6. The number of carbonyl (C=O) groups is 3. The molecule has 9 heteroatoms. The third-order valence-corrected chi connectivity index (χ3v) is 6.95. The Balaban J connectivity index is -0.000000111. The van der Waals surface area contributed by atoms with Gasteiger partial charge in [-0.25, -0.2) is 36.5 Å². The number of hydrogen-bond acceptors (Lipinski definition) is 6. The number of carboxylic acids is 3. The first-order chi connectivity index (χ1) is 21.7. The predicted molar refractivity (Wildman–Crippen MR) is 180 cm³/mol. The number of allylic oxidation sites excluding steroid dienone is 12. The minimum atomic E-state index is -0.893. The standard InChI is InChI=1S/3C8H16O2.3C5H5.3Zr/c3*1-3-5-6-7(4-2)8(9)10;3*1-2-4-5-3-1;;;/h3*7H,3-6H2,1-2H3,(H,9,10);3*1-3H,4H2;;;/q;;;3*-1;3*+2/p-3. The largest absolute Gasteiger partial charge is 2.00 e. The fourth-order valence-electron chi connectivity index (χ4n) is 3.84. The maximum atomic E-state index is 10.3. The molecule has 0 spiro atoms. The van der Waals surface area contributed by atoms with Gasteiger partial charge in [0.15, 0.2) is 0 Å². The molecule has 3 atom stereocenters. The van der Waals surface area contributed by atoms with Crippen molar-refractivity contribution in [1.29, 1.82) is 0 Å². The van der Waals surface area contributed by atoms with E-state index in [-0.39, 0.29) is 96.4 Å². The van der Waals surface area contributed by atoms with E-state index in [2.05, 4.69) is 57.2 Å². The Labute approximate surface area is 351 Å². The second-order valence-corrected chi connectivity index (χ2v) is 10.7. The zero-order valence-corrected chi connectivity index (χ0v) is 37.9. The number of aliphatic carboxylic acids is 3. The number of unbranched alkanes of at least 4 members (excludes halogenated alkanes) is 3. The van der Waals surface area contributed by atoms with Gasteiger partial charge in [-0.05, 0) is 56.3 Å². The average molecular weight is 899 g/mol. The molecule has 0 fully saturated rings. The van der Waals surface area contributed by atoms with Crippen LogP contribution >= 0.6 is 0 Å². The van der Waals surface area contributed by atoms with Crippen molar-refractivity contribution in [2.24, 2.45) is 17.8 Å². The molecule has 0 aromatic carbocycles. The van der Waals surface area contributed by atoms with Gasteiger partial charge in [0.2, 0.25) is 0 Å². The molecule has 48 heavy (non-hydrogen) atoms. The van der Waals surface area contributed by atoms with Gasteiger partial charge in [0.25, 0.3) is 0 Å². The molecular formula is C39H60O6Zr3. The summed E-state index contributed by atoms with van der Waals surface area (Å²) in [6.45, 7) is 11.8. The topological polar surface area (TPSA) is 120 Å². The van der Waals surface area contributed by atoms with Gasteiger partial charge >= 0.3 is 78.6 Å². The summed E-state index contributed by atoms with van der Waals surface area (Å²) in [6, 6.07) is 0. The van der Waals surface area contributed by atoms with Gasteiger partial charge in [-0.2, -0.15) is 18.2 Å². The SMILES string of the molecule is CCCCC(CC)C(=O)[O-].CCCCC(CC)C(=O)[O-].CCCCC(CC)C(=O)[O-].[C-]1=CC=CC1.[C-]1=CC=CC1.[C-]1=CC=CC1.[Zr+2].[Zr+2].[Zr+2]. The molecule has 3 rings (SSSR count). The fourth-order valence-corrected chi connectivity index (χ4v) is 3.84. The normalized spacial score (nSPS) is 13.6. The van der Waals surface area contributed by atoms with Gasteiger partial charge in [0, 0.05) is 17.9 Å². The van der Waals surface area contributed by atoms with E-state index in [9.17, 15) is 29.7 Å². The quantitative estimate of drug-likeness (QED) is 0.168. The fraction of sp³-hybridized carbons (Fsp3) is 0.615. The monoisotopic (exact) mass is 894 g/mol. The minimum Gasteiger partial charge on any atom is -0.550 e. The van der Waals surface area contributed by atoms with Crippen LogP contribution in [0.15, 0.2) is 54.7 Å². The van der Waals surface area contributed by atoms with Crippen LogP contribution in [0.25, 0.3) is 0 Å². The first-order valence-corrected chi connectivity index (χ1v) is 16.9. The van der Waals surface area contributed by atoms with Crippen molar-refractivity contribution in [3.8, 4) is 0 Å². The van der Waals surface area contributed by atoms with E-state index in [0.29, 0.717) is 19.3 Å². The maximum absolute atomic E-state index is 10.3. The first-order valence-electron chi connectivity index (χ1n) is 16.9. The summed E-state index contributed by atoms with van der Waals surface area (Å²) >= 11 is 0. The molecule has 3 unspecified atom stereocenters. The van der Waals surface area contributed by atoms with Crippen molar-refractivity contribution >= 4 is 17.9 Å². The molecule has 0 saturated heterocycles. The van der Waals surface area contributed by atoms with Crippen LogP contribution in [0.4, 0.5) is 0 Å². The molecule has 0 N–H and O–H groups in total. The van der Waals surface area contributed by atoms with Crippen LogP contribution in [-0.2, 0) is 93.0 Å². The van der Waals surface area contributed by atoms with E-state index in [0.717, 1.165) is 77.0 Å². The van der Waals surface area contributed by atoms with Gasteiger partial charge in [-0.1, -0.05) is 80.1 Å². The van der Waals surface area contributed by atoms with E-state index in [4.69, 9.17) is 0 Å². The Morgan fingerprint density at radius 2 is 0.729 bits per heavy atom. The molecule has 0 aliphatic heterocycles. The van der Waals surface area contributed by atoms with Gasteiger partial charge < -0.3 is 29.7 Å². The molecule has 3 aliphatic carbocycles. The van der Waals surface area contributed by atoms with Crippen molar-refractivity contribution in [2.45, 2.75) is 138 Å². The third kappa shape index (κ3) is 45.5. The molecule has 3 aliphatic rings. The second-order valence-electron chi connectivity index (χ2n) is 10.7. The van der Waals surface area contributed by atoms with E-state index in [1.165, 1.54) is 0 Å². The molecule has 0 amide bonds. The molecule has 0 heterocycles. The van der Waals surface area contributed by atoms with Gasteiger partial charge in [-0.15, -0.1) is 19.3 Å². The Bertz CT molecular complexity index is 750. The molecule has 0 aromatic rings. The second kappa shape index (κ2) is 48.6. The van der Waals surface area contributed by atoms with Crippen molar-refractivity contribution < 1.29 is 108 Å². The summed E-state index contributed by atoms with van der Waals surface area (Å²) in [7, 11) is 0. The summed E-state index contributed by atoms with van der Waals surface area (Å²) in [5.41, 5.74) is 0. The Morgan fingerprint density at radius 1 is 0.500 bits per heavy atom. The zero-order valence-electron chi connectivity index (χ0n) is 30.5. The van der Waals surface area contributed by atoms with Crippen LogP contribution in [0.2, 0.25) is 0 Å². The molecule has 6 nitrogen and oxygen atoms in total. The Kier molecular flexibility index (Phi) is 60.4. The van der Waals surface area contributed by atoms with Crippen LogP contribution in [0.5, 0.6) is 0 Å². The Morgan fingerprint density at radius 3 is 0.812 bits per heavy atom. The molecule has 0 aromatic heterocycles. The third-order valence-electron chi connectivity index (χ3n) is 6.95. The van der Waals surface area contributed by atoms with Crippen molar-refractivity contribution in [3.05, 3.63) is 72.9 Å². The average Bonchev–Trinajstić information content (AvgIpc) is 3.86. The molecule has 0 saturated carbocycles. The van der Waals surface area contributed by atoms with Crippen molar-refractivity contribution in [3.63, 3.8) is 0 Å². The van der Waals surface area contributed by atoms with Gasteiger partial charge in [0.05, 0.1) is 0 Å². The minimum absolute atomic E-state index is 0. The summed E-state index contributed by atoms with van der Waals surface area (Å²) in [4.78, 5) is 31.0. The summed E-state index contributed by atoms with van der Waals surface area (Å²) in [5.74, 6) is -3.34. The van der Waals surface area contributed by atoms with Crippen LogP contribution in [0, 0.1) is 36.0 Å². The van der Waals surface area contributed by atoms with Crippen molar-refractivity contribution in [2.75, 3.05) is 0 Å². The summed E-state index contributed by atoms with van der Waals surface area (Å²) < 4.78 is 0. The van der Waals surface area contributed by atoms with E-state index >= 15 is 0 Å². The van der Waals surface area contributed by atoms with Crippen LogP contribution in [-0.4, -0.2) is 17.9 Å². The Hall–Kier alpha value is -0.501. The summed E-state index contributed by atoms with van der Waals surface area (Å²) in [5, 5.41) is 31.0. The maximum Gasteiger partial charge on any atom is 2.00 e. The number of carbonyl (C=O) groups excluding carboxylic acids is 3. The van der Waals surface area contributed by atoms with Gasteiger partial charge in [0.1, 0.15) is 0 Å². The van der Waals surface area contributed by atoms with Crippen molar-refractivity contribution in [1.82, 2.24) is 0 Å². The smallest absolute Gasteiger partial charge is 0.550 e. The molecule has 264 valence electrons. The van der Waals surface area contributed by atoms with Crippen LogP contribution in [0.1, 0.15) is 138 Å². The van der Waals surface area contributed by atoms with Crippen LogP contribution in [0.3, 0.4) is 0 Å².